The van der Waals surface area contributed by atoms with Crippen molar-refractivity contribution < 1.29 is 14.5 Å². The first-order valence-corrected chi connectivity index (χ1v) is 12.4. The number of hydrogen-bond donors (Lipinski definition) is 1. The van der Waals surface area contributed by atoms with E-state index in [1.165, 1.54) is 30.0 Å². The third-order valence-corrected chi connectivity index (χ3v) is 6.45. The van der Waals surface area contributed by atoms with Gasteiger partial charge in [0.25, 0.3) is 5.69 Å². The van der Waals surface area contributed by atoms with Gasteiger partial charge in [-0.05, 0) is 51.3 Å². The van der Waals surface area contributed by atoms with Crippen LogP contribution >= 0.6 is 11.8 Å². The normalized spacial score (nSPS) is 13.0. The van der Waals surface area contributed by atoms with E-state index in [-0.39, 0.29) is 23.7 Å². The van der Waals surface area contributed by atoms with Crippen molar-refractivity contribution in [2.75, 3.05) is 5.32 Å². The molecular weight excluding hydrogens is 466 g/mol. The van der Waals surface area contributed by atoms with Crippen molar-refractivity contribution >= 4 is 29.0 Å². The van der Waals surface area contributed by atoms with E-state index in [0.717, 1.165) is 11.3 Å². The van der Waals surface area contributed by atoms with E-state index in [1.807, 2.05) is 43.5 Å². The molecule has 0 fully saturated rings. The molecule has 0 aliphatic carbocycles. The predicted molar refractivity (Wildman–Crippen MR) is 137 cm³/mol. The molecule has 0 aliphatic heterocycles. The maximum absolute atomic E-state index is 12.8. The molecule has 3 rings (SSSR count). The number of ether oxygens (including phenoxy) is 1. The minimum atomic E-state index is -0.512. The molecule has 1 heterocycles. The Balaban J connectivity index is 1.76. The highest BCUT2D eigenvalue weighted by Crippen LogP contribution is 2.33. The minimum Gasteiger partial charge on any atom is -0.482 e. The second kappa shape index (κ2) is 11.4. The van der Waals surface area contributed by atoms with Gasteiger partial charge in [-0.3, -0.25) is 14.9 Å². The van der Waals surface area contributed by atoms with E-state index >= 15 is 0 Å². The second-order valence-electron chi connectivity index (χ2n) is 8.81. The number of aromatic nitrogens is 3. The first-order valence-electron chi connectivity index (χ1n) is 11.5. The number of non-ortho nitro benzene ring substituents is 1. The minimum absolute atomic E-state index is 0.0425. The Hall–Kier alpha value is -3.40. The quantitative estimate of drug-likeness (QED) is 0.203. The second-order valence-corrected chi connectivity index (χ2v) is 10.1. The molecule has 2 atom stereocenters. The van der Waals surface area contributed by atoms with E-state index in [1.54, 1.807) is 13.0 Å². The molecule has 9 nitrogen and oxygen atoms in total. The Labute approximate surface area is 209 Å². The average Bonchev–Trinajstić information content (AvgIpc) is 3.23. The van der Waals surface area contributed by atoms with Crippen LogP contribution in [0.4, 0.5) is 11.4 Å². The van der Waals surface area contributed by atoms with Crippen LogP contribution < -0.4 is 10.1 Å². The fourth-order valence-corrected chi connectivity index (χ4v) is 4.58. The number of amides is 1. The van der Waals surface area contributed by atoms with Gasteiger partial charge in [-0.25, -0.2) is 0 Å². The Morgan fingerprint density at radius 1 is 1.06 bits per heavy atom. The number of anilines is 1. The smallest absolute Gasteiger partial charge is 0.271 e. The fraction of sp³-hybridized carbons (Fsp3) is 0.400. The largest absolute Gasteiger partial charge is 0.482 e. The molecule has 1 aromatic heterocycles. The van der Waals surface area contributed by atoms with Gasteiger partial charge < -0.3 is 14.6 Å². The zero-order valence-corrected chi connectivity index (χ0v) is 21.6. The van der Waals surface area contributed by atoms with Crippen molar-refractivity contribution in [3.8, 4) is 5.75 Å². The highest BCUT2D eigenvalue weighted by Gasteiger charge is 2.25. The number of nitro benzene ring substituents is 1. The zero-order valence-electron chi connectivity index (χ0n) is 20.8. The third-order valence-electron chi connectivity index (χ3n) is 5.39. The van der Waals surface area contributed by atoms with Crippen molar-refractivity contribution in [1.29, 1.82) is 0 Å². The molecule has 2 unspecified atom stereocenters. The monoisotopic (exact) mass is 497 g/mol. The maximum atomic E-state index is 12.8. The lowest BCUT2D eigenvalue weighted by molar-refractivity contribution is -0.384. The number of hydrogen-bond acceptors (Lipinski definition) is 7. The Morgan fingerprint density at radius 3 is 2.43 bits per heavy atom. The van der Waals surface area contributed by atoms with Crippen LogP contribution in [0.25, 0.3) is 0 Å². The maximum Gasteiger partial charge on any atom is 0.271 e. The molecule has 0 bridgehead atoms. The average molecular weight is 498 g/mol. The van der Waals surface area contributed by atoms with Gasteiger partial charge in [0.1, 0.15) is 5.75 Å². The van der Waals surface area contributed by atoms with Gasteiger partial charge in [0.15, 0.2) is 17.1 Å². The van der Waals surface area contributed by atoms with Crippen LogP contribution in [0.1, 0.15) is 71.0 Å². The molecule has 0 spiro atoms. The van der Waals surface area contributed by atoms with E-state index in [2.05, 4.69) is 35.4 Å². The van der Waals surface area contributed by atoms with Crippen molar-refractivity contribution in [3.63, 3.8) is 0 Å². The summed E-state index contributed by atoms with van der Waals surface area (Å²) in [6.45, 7) is 12.0. The van der Waals surface area contributed by atoms with Crippen LogP contribution in [0.3, 0.4) is 0 Å². The van der Waals surface area contributed by atoms with Crippen LogP contribution in [0.15, 0.2) is 53.7 Å². The summed E-state index contributed by atoms with van der Waals surface area (Å²) in [5, 5.41) is 22.6. The van der Waals surface area contributed by atoms with Gasteiger partial charge in [-0.15, -0.1) is 10.2 Å². The van der Waals surface area contributed by atoms with Crippen LogP contribution in [0, 0.1) is 10.1 Å². The molecule has 0 saturated heterocycles. The molecule has 35 heavy (non-hydrogen) atoms. The predicted octanol–water partition coefficient (Wildman–Crippen LogP) is 6.15. The molecule has 3 aromatic rings. The van der Waals surface area contributed by atoms with Crippen molar-refractivity contribution in [3.05, 3.63) is 70.0 Å². The number of nitro groups is 1. The number of carbonyl (C=O) groups excluding carboxylic acids is 1. The first-order chi connectivity index (χ1) is 16.6. The number of carbonyl (C=O) groups is 1. The highest BCUT2D eigenvalue weighted by molar-refractivity contribution is 8.00. The van der Waals surface area contributed by atoms with E-state index in [4.69, 9.17) is 4.74 Å². The molecule has 1 amide bonds. The fourth-order valence-electron chi connectivity index (χ4n) is 3.59. The van der Waals surface area contributed by atoms with Gasteiger partial charge in [0.05, 0.1) is 10.2 Å². The van der Waals surface area contributed by atoms with Crippen LogP contribution in [-0.4, -0.2) is 30.8 Å². The van der Waals surface area contributed by atoms with Gasteiger partial charge >= 0.3 is 0 Å². The van der Waals surface area contributed by atoms with Gasteiger partial charge in [0, 0.05) is 23.9 Å². The summed E-state index contributed by atoms with van der Waals surface area (Å²) in [5.41, 5.74) is 1.41. The first kappa shape index (κ1) is 26.2. The molecule has 0 radical (unpaired) electrons. The van der Waals surface area contributed by atoms with Crippen molar-refractivity contribution in [2.24, 2.45) is 0 Å². The number of rotatable bonds is 10. The number of nitrogens with one attached hydrogen (secondary N) is 1. The zero-order chi connectivity index (χ0) is 25.7. The van der Waals surface area contributed by atoms with Gasteiger partial charge in [-0.1, -0.05) is 49.9 Å². The van der Waals surface area contributed by atoms with Crippen LogP contribution in [-0.2, 0) is 4.79 Å². The summed E-state index contributed by atoms with van der Waals surface area (Å²) in [6, 6.07) is 13.9. The Kier molecular flexibility index (Phi) is 8.50. The number of thioether (sulfide) groups is 1. The van der Waals surface area contributed by atoms with Gasteiger partial charge in [-0.2, -0.15) is 0 Å². The van der Waals surface area contributed by atoms with Crippen LogP contribution in [0.5, 0.6) is 5.75 Å². The summed E-state index contributed by atoms with van der Waals surface area (Å²) in [6.07, 6.45) is -0.354. The Bertz CT molecular complexity index is 1190. The van der Waals surface area contributed by atoms with Crippen molar-refractivity contribution in [2.45, 2.75) is 70.0 Å². The lowest BCUT2D eigenvalue weighted by Gasteiger charge is -2.21. The standard InChI is InChI=1S/C25H31N5O4S/c1-15(2)21-12-7-8-13-22(21)34-17(5)23-27-28-25(29(23)16(3)4)35-18(6)24(31)26-19-10-9-11-20(14-19)30(32)33/h7-18H,1-6H3,(H,26,31). The van der Waals surface area contributed by atoms with E-state index in [9.17, 15) is 14.9 Å². The molecule has 0 saturated carbocycles. The molecular formula is C25H31N5O4S. The Morgan fingerprint density at radius 2 is 1.77 bits per heavy atom. The third kappa shape index (κ3) is 6.39. The SMILES string of the molecule is CC(Sc1nnc(C(C)Oc2ccccc2C(C)C)n1C(C)C)C(=O)Nc1cccc([N+](=O)[O-])c1. The summed E-state index contributed by atoms with van der Waals surface area (Å²) in [7, 11) is 0. The number of nitrogens with zero attached hydrogens (tertiary/aromatic N) is 4. The van der Waals surface area contributed by atoms with Gasteiger partial charge in [0.2, 0.25) is 5.91 Å². The van der Waals surface area contributed by atoms with E-state index in [0.29, 0.717) is 22.6 Å². The topological polar surface area (TPSA) is 112 Å². The molecule has 2 aromatic carbocycles. The number of benzene rings is 2. The summed E-state index contributed by atoms with van der Waals surface area (Å²) < 4.78 is 8.27. The molecule has 186 valence electrons. The van der Waals surface area contributed by atoms with Crippen molar-refractivity contribution in [1.82, 2.24) is 14.8 Å². The molecule has 0 aliphatic rings. The highest BCUT2D eigenvalue weighted by atomic mass is 32.2. The lowest BCUT2D eigenvalue weighted by Crippen LogP contribution is -2.23. The van der Waals surface area contributed by atoms with Crippen LogP contribution in [0.2, 0.25) is 0 Å². The summed E-state index contributed by atoms with van der Waals surface area (Å²) in [4.78, 5) is 23.3. The number of para-hydroxylation sites is 1. The van der Waals surface area contributed by atoms with E-state index < -0.39 is 10.2 Å². The lowest BCUT2D eigenvalue weighted by atomic mass is 10.0. The molecule has 1 N–H and O–H groups in total. The summed E-state index contributed by atoms with van der Waals surface area (Å²) in [5.74, 6) is 1.52. The summed E-state index contributed by atoms with van der Waals surface area (Å²) >= 11 is 1.28. The molecule has 10 heteroatoms.